The summed E-state index contributed by atoms with van der Waals surface area (Å²) in [5.74, 6) is 0.547. The van der Waals surface area contributed by atoms with Gasteiger partial charge in [-0.25, -0.2) is 9.97 Å². The van der Waals surface area contributed by atoms with Gasteiger partial charge in [-0.3, -0.25) is 0 Å². The lowest BCUT2D eigenvalue weighted by Gasteiger charge is -2.09. The number of ether oxygens (including phenoxy) is 1. The molecule has 0 saturated heterocycles. The molecule has 0 saturated carbocycles. The molecule has 0 spiro atoms. The normalized spacial score (nSPS) is 12.4. The summed E-state index contributed by atoms with van der Waals surface area (Å²) in [5.41, 5.74) is 1.77. The molecule has 0 aliphatic rings. The molecule has 1 unspecified atom stereocenters. The van der Waals surface area contributed by atoms with Gasteiger partial charge in [0.15, 0.2) is 0 Å². The molecule has 0 aromatic carbocycles. The van der Waals surface area contributed by atoms with Crippen LogP contribution in [-0.2, 0) is 6.42 Å². The fourth-order valence-electron chi connectivity index (χ4n) is 1.49. The molecule has 2 heterocycles. The number of aryl methyl sites for hydroxylation is 1. The zero-order valence-electron chi connectivity index (χ0n) is 9.75. The Balaban J connectivity index is 2.06. The molecular weight excluding hydrogens is 236 g/mol. The minimum Gasteiger partial charge on any atom is -0.481 e. The Bertz CT molecular complexity index is 482. The first kappa shape index (κ1) is 12.0. The number of thiazole rings is 1. The number of aliphatic hydroxyl groups excluding tert-OH is 1. The summed E-state index contributed by atoms with van der Waals surface area (Å²) in [6, 6.07) is 3.56. The van der Waals surface area contributed by atoms with Gasteiger partial charge in [0.1, 0.15) is 0 Å². The Morgan fingerprint density at radius 1 is 1.47 bits per heavy atom. The van der Waals surface area contributed by atoms with E-state index in [1.165, 1.54) is 0 Å². The van der Waals surface area contributed by atoms with Gasteiger partial charge >= 0.3 is 0 Å². The standard InChI is InChI=1S/C12H14N2O2S/c1-8-7-17-12(14-8)5-10(15)9-3-4-11(16-2)13-6-9/h3-4,6-7,10,15H,5H2,1-2H3. The maximum absolute atomic E-state index is 10.0. The quantitative estimate of drug-likeness (QED) is 0.903. The summed E-state index contributed by atoms with van der Waals surface area (Å²) in [4.78, 5) is 8.39. The maximum Gasteiger partial charge on any atom is 0.212 e. The average molecular weight is 250 g/mol. The van der Waals surface area contributed by atoms with Crippen LogP contribution in [0.15, 0.2) is 23.7 Å². The van der Waals surface area contributed by atoms with Crippen LogP contribution in [0.2, 0.25) is 0 Å². The monoisotopic (exact) mass is 250 g/mol. The van der Waals surface area contributed by atoms with Crippen molar-refractivity contribution in [3.8, 4) is 5.88 Å². The number of rotatable bonds is 4. The van der Waals surface area contributed by atoms with Gasteiger partial charge < -0.3 is 9.84 Å². The SMILES string of the molecule is COc1ccc(C(O)Cc2nc(C)cs2)cn1. The van der Waals surface area contributed by atoms with Crippen molar-refractivity contribution in [3.63, 3.8) is 0 Å². The summed E-state index contributed by atoms with van der Waals surface area (Å²) in [6.07, 6.45) is 1.58. The van der Waals surface area contributed by atoms with Crippen molar-refractivity contribution in [3.05, 3.63) is 40.0 Å². The van der Waals surface area contributed by atoms with Crippen molar-refractivity contribution in [2.45, 2.75) is 19.4 Å². The maximum atomic E-state index is 10.0. The van der Waals surface area contributed by atoms with Crippen LogP contribution in [0.3, 0.4) is 0 Å². The number of aromatic nitrogens is 2. The first-order chi connectivity index (χ1) is 8.19. The number of aliphatic hydroxyl groups is 1. The fraction of sp³-hybridized carbons (Fsp3) is 0.333. The molecule has 4 nitrogen and oxygen atoms in total. The second-order valence-corrected chi connectivity index (χ2v) is 4.68. The van der Waals surface area contributed by atoms with Crippen molar-refractivity contribution < 1.29 is 9.84 Å². The van der Waals surface area contributed by atoms with Gasteiger partial charge in [-0.15, -0.1) is 11.3 Å². The molecule has 90 valence electrons. The topological polar surface area (TPSA) is 55.2 Å². The highest BCUT2D eigenvalue weighted by Crippen LogP contribution is 2.21. The first-order valence-corrected chi connectivity index (χ1v) is 6.16. The minimum absolute atomic E-state index is 0.520. The van der Waals surface area contributed by atoms with Crippen LogP contribution in [0.1, 0.15) is 22.4 Å². The van der Waals surface area contributed by atoms with E-state index in [1.807, 2.05) is 18.4 Å². The zero-order valence-corrected chi connectivity index (χ0v) is 10.6. The molecule has 2 aromatic heterocycles. The second kappa shape index (κ2) is 5.25. The van der Waals surface area contributed by atoms with Crippen LogP contribution < -0.4 is 4.74 Å². The Hall–Kier alpha value is -1.46. The van der Waals surface area contributed by atoms with E-state index in [-0.39, 0.29) is 0 Å². The van der Waals surface area contributed by atoms with E-state index >= 15 is 0 Å². The lowest BCUT2D eigenvalue weighted by molar-refractivity contribution is 0.177. The molecule has 0 fully saturated rings. The summed E-state index contributed by atoms with van der Waals surface area (Å²) in [6.45, 7) is 1.95. The molecule has 2 aromatic rings. The highest BCUT2D eigenvalue weighted by Gasteiger charge is 2.11. The Labute approximate surface area is 104 Å². The molecule has 0 bridgehead atoms. The van der Waals surface area contributed by atoms with E-state index in [0.717, 1.165) is 16.3 Å². The fourth-order valence-corrected chi connectivity index (χ4v) is 2.30. The predicted octanol–water partition coefficient (Wildman–Crippen LogP) is 2.13. The van der Waals surface area contributed by atoms with Gasteiger partial charge in [0.2, 0.25) is 5.88 Å². The Morgan fingerprint density at radius 2 is 2.29 bits per heavy atom. The molecule has 1 atom stereocenters. The summed E-state index contributed by atoms with van der Waals surface area (Å²) < 4.78 is 4.97. The molecule has 1 N–H and O–H groups in total. The van der Waals surface area contributed by atoms with Crippen molar-refractivity contribution in [2.75, 3.05) is 7.11 Å². The lowest BCUT2D eigenvalue weighted by Crippen LogP contribution is -2.02. The first-order valence-electron chi connectivity index (χ1n) is 5.28. The number of hydrogen-bond acceptors (Lipinski definition) is 5. The van der Waals surface area contributed by atoms with Crippen LogP contribution in [0.25, 0.3) is 0 Å². The van der Waals surface area contributed by atoms with Gasteiger partial charge in [-0.05, 0) is 18.6 Å². The third-order valence-electron chi connectivity index (χ3n) is 2.39. The van der Waals surface area contributed by atoms with Crippen molar-refractivity contribution >= 4 is 11.3 Å². The second-order valence-electron chi connectivity index (χ2n) is 3.74. The summed E-state index contributed by atoms with van der Waals surface area (Å²) in [7, 11) is 1.57. The molecule has 17 heavy (non-hydrogen) atoms. The molecule has 0 aliphatic carbocycles. The Morgan fingerprint density at radius 3 is 2.82 bits per heavy atom. The van der Waals surface area contributed by atoms with Gasteiger partial charge in [0, 0.05) is 29.8 Å². The van der Waals surface area contributed by atoms with E-state index in [2.05, 4.69) is 9.97 Å². The van der Waals surface area contributed by atoms with Crippen molar-refractivity contribution in [2.24, 2.45) is 0 Å². The molecular formula is C12H14N2O2S. The van der Waals surface area contributed by atoms with E-state index in [4.69, 9.17) is 4.74 Å². The highest BCUT2D eigenvalue weighted by molar-refractivity contribution is 7.09. The smallest absolute Gasteiger partial charge is 0.212 e. The van der Waals surface area contributed by atoms with E-state index < -0.39 is 6.10 Å². The van der Waals surface area contributed by atoms with E-state index in [1.54, 1.807) is 30.7 Å². The van der Waals surface area contributed by atoms with Crippen LogP contribution in [0, 0.1) is 6.92 Å². The number of pyridine rings is 1. The van der Waals surface area contributed by atoms with Crippen LogP contribution >= 0.6 is 11.3 Å². The van der Waals surface area contributed by atoms with Crippen molar-refractivity contribution in [1.29, 1.82) is 0 Å². The van der Waals surface area contributed by atoms with Gasteiger partial charge in [-0.2, -0.15) is 0 Å². The molecule has 0 aliphatic heterocycles. The number of nitrogens with zero attached hydrogens (tertiary/aromatic N) is 2. The van der Waals surface area contributed by atoms with E-state index in [9.17, 15) is 5.11 Å². The number of hydrogen-bond donors (Lipinski definition) is 1. The van der Waals surface area contributed by atoms with Crippen molar-refractivity contribution in [1.82, 2.24) is 9.97 Å². The summed E-state index contributed by atoms with van der Waals surface area (Å²) >= 11 is 1.56. The van der Waals surface area contributed by atoms with Gasteiger partial charge in [0.05, 0.1) is 18.2 Å². The predicted molar refractivity (Wildman–Crippen MR) is 66.3 cm³/mol. The molecule has 2 rings (SSSR count). The lowest BCUT2D eigenvalue weighted by atomic mass is 10.1. The molecule has 0 radical (unpaired) electrons. The van der Waals surface area contributed by atoms with E-state index in [0.29, 0.717) is 12.3 Å². The Kier molecular flexibility index (Phi) is 3.71. The van der Waals surface area contributed by atoms with Crippen LogP contribution in [0.4, 0.5) is 0 Å². The zero-order chi connectivity index (χ0) is 12.3. The molecule has 0 amide bonds. The number of methoxy groups -OCH3 is 1. The minimum atomic E-state index is -0.570. The van der Waals surface area contributed by atoms with Gasteiger partial charge in [0.25, 0.3) is 0 Å². The summed E-state index contributed by atoms with van der Waals surface area (Å²) in [5, 5.41) is 12.9. The van der Waals surface area contributed by atoms with Crippen LogP contribution in [0.5, 0.6) is 5.88 Å². The third kappa shape index (κ3) is 3.01. The third-order valence-corrected chi connectivity index (χ3v) is 3.38. The largest absolute Gasteiger partial charge is 0.481 e. The van der Waals surface area contributed by atoms with Gasteiger partial charge in [-0.1, -0.05) is 0 Å². The molecule has 5 heteroatoms. The highest BCUT2D eigenvalue weighted by atomic mass is 32.1. The average Bonchev–Trinajstić information content (AvgIpc) is 2.75. The van der Waals surface area contributed by atoms with Crippen LogP contribution in [-0.4, -0.2) is 22.2 Å².